The Balaban J connectivity index is 1.38. The molecule has 194 valence electrons. The second-order valence-corrected chi connectivity index (χ2v) is 10.6. The number of aromatic nitrogens is 1. The standard InChI is InChI=1S/C27H37N5O4/c1-19-14-23-22(24(16-25(33)29-23)32(28-2)20-4-12-36-13-5-20)15-21(19)26(34)31-10-8-30(9-11-31)17-27(6-7-27)18-35-3/h14-16,20H,2,4-13,17-18H2,1,3H3,(H,29,33). The summed E-state index contributed by atoms with van der Waals surface area (Å²) in [5.74, 6) is 0.0356. The summed E-state index contributed by atoms with van der Waals surface area (Å²) in [7, 11) is 1.78. The molecule has 5 rings (SSSR count). The van der Waals surface area contributed by atoms with E-state index in [0.717, 1.165) is 50.0 Å². The van der Waals surface area contributed by atoms with Crippen LogP contribution in [-0.2, 0) is 9.47 Å². The minimum Gasteiger partial charge on any atom is -0.384 e. The first-order valence-corrected chi connectivity index (χ1v) is 12.9. The van der Waals surface area contributed by atoms with Crippen LogP contribution in [0.25, 0.3) is 10.9 Å². The van der Waals surface area contributed by atoms with Crippen LogP contribution in [0.2, 0.25) is 0 Å². The Hall–Kier alpha value is -2.75. The van der Waals surface area contributed by atoms with Crippen molar-refractivity contribution in [2.45, 2.75) is 38.6 Å². The van der Waals surface area contributed by atoms with Crippen molar-refractivity contribution >= 4 is 29.2 Å². The van der Waals surface area contributed by atoms with E-state index in [9.17, 15) is 9.59 Å². The van der Waals surface area contributed by atoms with Crippen molar-refractivity contribution in [2.24, 2.45) is 10.5 Å². The molecule has 1 amide bonds. The predicted molar refractivity (Wildman–Crippen MR) is 141 cm³/mol. The molecule has 1 aromatic carbocycles. The number of methoxy groups -OCH3 is 1. The van der Waals surface area contributed by atoms with Gasteiger partial charge in [0.1, 0.15) is 0 Å². The second-order valence-electron chi connectivity index (χ2n) is 10.6. The van der Waals surface area contributed by atoms with Crippen LogP contribution in [-0.4, -0.2) is 93.1 Å². The molecule has 2 aromatic rings. The topological polar surface area (TPSA) is 90.5 Å². The third-order valence-electron chi connectivity index (χ3n) is 7.96. The fraction of sp³-hybridized carbons (Fsp3) is 0.593. The van der Waals surface area contributed by atoms with E-state index < -0.39 is 0 Å². The van der Waals surface area contributed by atoms with Crippen molar-refractivity contribution in [1.82, 2.24) is 14.8 Å². The Kier molecular flexibility index (Phi) is 7.14. The molecule has 3 heterocycles. The van der Waals surface area contributed by atoms with Gasteiger partial charge in [-0.15, -0.1) is 0 Å². The number of amides is 1. The van der Waals surface area contributed by atoms with Crippen molar-refractivity contribution in [1.29, 1.82) is 0 Å². The summed E-state index contributed by atoms with van der Waals surface area (Å²) in [6.07, 6.45) is 4.07. The Morgan fingerprint density at radius 3 is 2.58 bits per heavy atom. The highest BCUT2D eigenvalue weighted by Crippen LogP contribution is 2.46. The minimum absolute atomic E-state index is 0.0356. The van der Waals surface area contributed by atoms with E-state index in [1.54, 1.807) is 13.2 Å². The molecule has 0 spiro atoms. The van der Waals surface area contributed by atoms with Gasteiger partial charge in [-0.3, -0.25) is 19.5 Å². The SMILES string of the molecule is C=NN(c1cc(=O)[nH]c2cc(C)c(C(=O)N3CCN(CC4(COC)CC4)CC3)cc12)C1CCOCC1. The maximum Gasteiger partial charge on any atom is 0.254 e. The van der Waals surface area contributed by atoms with Crippen LogP contribution >= 0.6 is 0 Å². The molecule has 0 radical (unpaired) electrons. The number of nitrogens with one attached hydrogen (secondary N) is 1. The first-order valence-electron chi connectivity index (χ1n) is 12.9. The Morgan fingerprint density at radius 1 is 1.22 bits per heavy atom. The highest BCUT2D eigenvalue weighted by molar-refractivity contribution is 6.02. The molecule has 2 aliphatic heterocycles. The lowest BCUT2D eigenvalue weighted by Crippen LogP contribution is -2.50. The molecule has 3 aliphatic rings. The van der Waals surface area contributed by atoms with Crippen LogP contribution in [0.15, 0.2) is 28.1 Å². The third kappa shape index (κ3) is 5.05. The number of hydrazone groups is 1. The highest BCUT2D eigenvalue weighted by atomic mass is 16.5. The number of carbonyl (C=O) groups excluding carboxylic acids is 1. The van der Waals surface area contributed by atoms with Gasteiger partial charge >= 0.3 is 0 Å². The lowest BCUT2D eigenvalue weighted by molar-refractivity contribution is 0.0546. The van der Waals surface area contributed by atoms with E-state index >= 15 is 0 Å². The van der Waals surface area contributed by atoms with Crippen LogP contribution in [0.3, 0.4) is 0 Å². The molecule has 9 nitrogen and oxygen atoms in total. The number of benzene rings is 1. The monoisotopic (exact) mass is 495 g/mol. The van der Waals surface area contributed by atoms with Gasteiger partial charge in [-0.1, -0.05) is 0 Å². The molecule has 0 bridgehead atoms. The van der Waals surface area contributed by atoms with E-state index in [1.165, 1.54) is 12.8 Å². The van der Waals surface area contributed by atoms with Crippen LogP contribution in [0, 0.1) is 12.3 Å². The Morgan fingerprint density at radius 2 is 1.94 bits per heavy atom. The molecule has 0 unspecified atom stereocenters. The molecule has 3 fully saturated rings. The van der Waals surface area contributed by atoms with Gasteiger partial charge in [-0.25, -0.2) is 0 Å². The molecular weight excluding hydrogens is 458 g/mol. The minimum atomic E-state index is -0.199. The number of hydrogen-bond acceptors (Lipinski definition) is 7. The smallest absolute Gasteiger partial charge is 0.254 e. The summed E-state index contributed by atoms with van der Waals surface area (Å²) in [4.78, 5) is 33.5. The second kappa shape index (κ2) is 10.3. The average Bonchev–Trinajstić information content (AvgIpc) is 3.63. The van der Waals surface area contributed by atoms with Crippen LogP contribution in [0.4, 0.5) is 5.69 Å². The zero-order valence-corrected chi connectivity index (χ0v) is 21.4. The van der Waals surface area contributed by atoms with Gasteiger partial charge in [0.2, 0.25) is 0 Å². The van der Waals surface area contributed by atoms with Crippen LogP contribution < -0.4 is 10.6 Å². The lowest BCUT2D eigenvalue weighted by atomic mass is 10.0. The van der Waals surface area contributed by atoms with E-state index in [1.807, 2.05) is 29.0 Å². The molecule has 36 heavy (non-hydrogen) atoms. The van der Waals surface area contributed by atoms with Crippen LogP contribution in [0.5, 0.6) is 0 Å². The number of carbonyl (C=O) groups is 1. The Labute approximate surface area is 212 Å². The van der Waals surface area contributed by atoms with Gasteiger partial charge in [-0.05, 0) is 50.3 Å². The van der Waals surface area contributed by atoms with Crippen molar-refractivity contribution in [3.8, 4) is 0 Å². The van der Waals surface area contributed by atoms with Crippen molar-refractivity contribution in [3.63, 3.8) is 0 Å². The molecule has 1 N–H and O–H groups in total. The van der Waals surface area contributed by atoms with Crippen molar-refractivity contribution < 1.29 is 14.3 Å². The summed E-state index contributed by atoms with van der Waals surface area (Å²) in [5, 5.41) is 6.91. The first kappa shape index (κ1) is 24.9. The number of aromatic amines is 1. The molecule has 2 saturated heterocycles. The first-order chi connectivity index (χ1) is 17.4. The van der Waals surface area contributed by atoms with Gasteiger partial charge in [0, 0.05) is 82.2 Å². The number of ether oxygens (including phenoxy) is 2. The number of nitrogens with zero attached hydrogens (tertiary/aromatic N) is 4. The number of hydrogen-bond donors (Lipinski definition) is 1. The van der Waals surface area contributed by atoms with Gasteiger partial charge in [0.15, 0.2) is 0 Å². The highest BCUT2D eigenvalue weighted by Gasteiger charge is 2.44. The summed E-state index contributed by atoms with van der Waals surface area (Å²) < 4.78 is 10.9. The normalized spacial score (nSPS) is 20.4. The maximum atomic E-state index is 13.6. The van der Waals surface area contributed by atoms with Gasteiger partial charge in [0.25, 0.3) is 11.5 Å². The van der Waals surface area contributed by atoms with E-state index in [-0.39, 0.29) is 17.5 Å². The summed E-state index contributed by atoms with van der Waals surface area (Å²) >= 11 is 0. The summed E-state index contributed by atoms with van der Waals surface area (Å²) in [5.41, 5.74) is 3.02. The van der Waals surface area contributed by atoms with Crippen molar-refractivity contribution in [3.05, 3.63) is 39.7 Å². The van der Waals surface area contributed by atoms with Crippen molar-refractivity contribution in [2.75, 3.05) is 64.7 Å². The molecular formula is C27H37N5O4. The quantitative estimate of drug-likeness (QED) is 0.447. The maximum absolute atomic E-state index is 13.6. The van der Waals surface area contributed by atoms with E-state index in [4.69, 9.17) is 9.47 Å². The number of aryl methyl sites for hydroxylation is 1. The predicted octanol–water partition coefficient (Wildman–Crippen LogP) is 2.62. The van der Waals surface area contributed by atoms with Gasteiger partial charge < -0.3 is 19.4 Å². The molecule has 1 aromatic heterocycles. The third-order valence-corrected chi connectivity index (χ3v) is 7.96. The largest absolute Gasteiger partial charge is 0.384 e. The number of H-pyrrole nitrogens is 1. The summed E-state index contributed by atoms with van der Waals surface area (Å²) in [6, 6.07) is 5.47. The molecule has 9 heteroatoms. The van der Waals surface area contributed by atoms with E-state index in [0.29, 0.717) is 48.5 Å². The number of anilines is 1. The van der Waals surface area contributed by atoms with Crippen LogP contribution in [0.1, 0.15) is 41.6 Å². The fourth-order valence-electron chi connectivity index (χ4n) is 5.72. The molecule has 1 saturated carbocycles. The van der Waals surface area contributed by atoms with Gasteiger partial charge in [-0.2, -0.15) is 5.10 Å². The average molecular weight is 496 g/mol. The fourth-order valence-corrected chi connectivity index (χ4v) is 5.72. The lowest BCUT2D eigenvalue weighted by Gasteiger charge is -2.37. The molecule has 1 aliphatic carbocycles. The van der Waals surface area contributed by atoms with Gasteiger partial charge in [0.05, 0.1) is 23.9 Å². The summed E-state index contributed by atoms with van der Waals surface area (Å²) in [6.45, 7) is 12.0. The van der Waals surface area contributed by atoms with E-state index in [2.05, 4.69) is 21.7 Å². The number of rotatable bonds is 8. The zero-order valence-electron chi connectivity index (χ0n) is 21.4. The number of piperazine rings is 1. The molecule has 0 atom stereocenters. The Bertz CT molecular complexity index is 1180. The zero-order chi connectivity index (χ0) is 25.3. The number of pyridine rings is 1. The number of fused-ring (bicyclic) bond motifs is 1.